The van der Waals surface area contributed by atoms with Crippen LogP contribution in [-0.2, 0) is 26.2 Å². The Bertz CT molecular complexity index is 1040. The fourth-order valence-corrected chi connectivity index (χ4v) is 6.46. The van der Waals surface area contributed by atoms with E-state index in [0.717, 1.165) is 44.1 Å². The molecule has 2 aromatic rings. The van der Waals surface area contributed by atoms with E-state index >= 15 is 0 Å². The second-order valence-electron chi connectivity index (χ2n) is 10.6. The monoisotopic (exact) mass is 460 g/mol. The van der Waals surface area contributed by atoms with Crippen LogP contribution in [-0.4, -0.2) is 61.0 Å². The van der Waals surface area contributed by atoms with Crippen LogP contribution in [0, 0.1) is 12.3 Å². The lowest BCUT2D eigenvalue weighted by molar-refractivity contribution is -0.147. The molecule has 3 heterocycles. The van der Waals surface area contributed by atoms with Gasteiger partial charge in [0.05, 0.1) is 10.8 Å². The summed E-state index contributed by atoms with van der Waals surface area (Å²) in [5, 5.41) is 0. The quantitative estimate of drug-likeness (QED) is 0.690. The molecule has 3 saturated heterocycles. The van der Waals surface area contributed by atoms with Crippen LogP contribution in [0.5, 0.6) is 0 Å². The molecule has 180 valence electrons. The van der Waals surface area contributed by atoms with E-state index in [1.165, 1.54) is 11.1 Å². The first-order chi connectivity index (χ1) is 16.4. The third kappa shape index (κ3) is 4.04. The summed E-state index contributed by atoms with van der Waals surface area (Å²) in [6.45, 7) is 4.62. The van der Waals surface area contributed by atoms with Gasteiger partial charge >= 0.3 is 0 Å². The Morgan fingerprint density at radius 3 is 2.38 bits per heavy atom. The Morgan fingerprint density at radius 1 is 1.00 bits per heavy atom. The van der Waals surface area contributed by atoms with Gasteiger partial charge in [0.1, 0.15) is 0 Å². The molecule has 1 atom stereocenters. The van der Waals surface area contributed by atoms with Gasteiger partial charge in [0.2, 0.25) is 11.8 Å². The molecule has 0 unspecified atom stereocenters. The molecule has 3 aliphatic heterocycles. The van der Waals surface area contributed by atoms with Crippen molar-refractivity contribution < 1.29 is 14.3 Å². The van der Waals surface area contributed by atoms with Gasteiger partial charge in [-0.1, -0.05) is 60.2 Å². The first kappa shape index (κ1) is 23.1. The zero-order chi connectivity index (χ0) is 23.8. The molecule has 0 radical (unpaired) electrons. The fourth-order valence-electron chi connectivity index (χ4n) is 6.46. The summed E-state index contributed by atoms with van der Waals surface area (Å²) in [5.74, 6) is 0.482. The van der Waals surface area contributed by atoms with Crippen molar-refractivity contribution in [2.24, 2.45) is 5.41 Å². The summed E-state index contributed by atoms with van der Waals surface area (Å²) < 4.78 is 5.66. The van der Waals surface area contributed by atoms with Crippen LogP contribution in [0.4, 0.5) is 0 Å². The van der Waals surface area contributed by atoms with E-state index in [1.54, 1.807) is 0 Å². The Balaban J connectivity index is 1.31. The maximum atomic E-state index is 14.0. The van der Waals surface area contributed by atoms with Crippen LogP contribution in [0.25, 0.3) is 0 Å². The third-order valence-corrected chi connectivity index (χ3v) is 8.60. The van der Waals surface area contributed by atoms with Crippen molar-refractivity contribution in [3.8, 4) is 0 Å². The van der Waals surface area contributed by atoms with Gasteiger partial charge in [-0.05, 0) is 56.6 Å². The molecule has 1 spiro atoms. The van der Waals surface area contributed by atoms with Gasteiger partial charge < -0.3 is 14.5 Å². The smallest absolute Gasteiger partial charge is 0.233 e. The number of hydrogen-bond acceptors (Lipinski definition) is 3. The number of amides is 2. The number of carbonyl (C=O) groups is 2. The second-order valence-corrected chi connectivity index (χ2v) is 10.6. The topological polar surface area (TPSA) is 49.9 Å². The number of carbonyl (C=O) groups excluding carboxylic acids is 2. The minimum Gasteiger partial charge on any atom is -0.381 e. The van der Waals surface area contributed by atoms with Crippen LogP contribution in [0.15, 0.2) is 54.6 Å². The molecule has 0 N–H and O–H groups in total. The van der Waals surface area contributed by atoms with Gasteiger partial charge in [-0.2, -0.15) is 0 Å². The second kappa shape index (κ2) is 9.18. The lowest BCUT2D eigenvalue weighted by atomic mass is 9.71. The molecule has 0 bridgehead atoms. The highest BCUT2D eigenvalue weighted by Gasteiger charge is 2.53. The number of rotatable bonds is 4. The highest BCUT2D eigenvalue weighted by molar-refractivity contribution is 5.90. The standard InChI is InChI=1S/C29H36N2O3/c1-22-7-6-10-24(19-22)29(13-17-34-18-14-29)27(33)31-15-11-28(12-16-31)21-25(30(2)26(28)32)20-23-8-4-3-5-9-23/h3-10,19,25H,11-18,20-21H2,1-2H3/t25-/m0/s1. The van der Waals surface area contributed by atoms with Gasteiger partial charge in [-0.15, -0.1) is 0 Å². The number of nitrogens with zero attached hydrogens (tertiary/aromatic N) is 2. The number of likely N-dealkylation sites (N-methyl/N-ethyl adjacent to an activating group) is 1. The molecule has 3 aliphatic rings. The molecule has 3 fully saturated rings. The highest BCUT2D eigenvalue weighted by Crippen LogP contribution is 2.46. The largest absolute Gasteiger partial charge is 0.381 e. The van der Waals surface area contributed by atoms with Crippen molar-refractivity contribution in [1.29, 1.82) is 0 Å². The van der Waals surface area contributed by atoms with Crippen molar-refractivity contribution in [2.75, 3.05) is 33.4 Å². The maximum absolute atomic E-state index is 14.0. The predicted molar refractivity (Wildman–Crippen MR) is 132 cm³/mol. The zero-order valence-electron chi connectivity index (χ0n) is 20.5. The number of benzene rings is 2. The van der Waals surface area contributed by atoms with Gasteiger partial charge in [0, 0.05) is 39.4 Å². The summed E-state index contributed by atoms with van der Waals surface area (Å²) in [7, 11) is 1.96. The minimum absolute atomic E-state index is 0.218. The van der Waals surface area contributed by atoms with Crippen molar-refractivity contribution >= 4 is 11.8 Å². The van der Waals surface area contributed by atoms with Crippen molar-refractivity contribution in [1.82, 2.24) is 9.80 Å². The lowest BCUT2D eigenvalue weighted by Gasteiger charge is -2.44. The number of aryl methyl sites for hydroxylation is 1. The summed E-state index contributed by atoms with van der Waals surface area (Å²) in [4.78, 5) is 31.4. The van der Waals surface area contributed by atoms with Gasteiger partial charge in [0.15, 0.2) is 0 Å². The first-order valence-electron chi connectivity index (χ1n) is 12.7. The molecule has 5 nitrogen and oxygen atoms in total. The number of ether oxygens (including phenoxy) is 1. The Hall–Kier alpha value is -2.66. The Kier molecular flexibility index (Phi) is 6.24. The van der Waals surface area contributed by atoms with Crippen molar-refractivity contribution in [2.45, 2.75) is 56.9 Å². The van der Waals surface area contributed by atoms with E-state index in [2.05, 4.69) is 55.5 Å². The Morgan fingerprint density at radius 2 is 1.71 bits per heavy atom. The molecule has 5 rings (SSSR count). The highest BCUT2D eigenvalue weighted by atomic mass is 16.5. The van der Waals surface area contributed by atoms with Crippen LogP contribution in [0.3, 0.4) is 0 Å². The van der Waals surface area contributed by atoms with E-state index in [0.29, 0.717) is 26.3 Å². The van der Waals surface area contributed by atoms with Gasteiger partial charge in [0.25, 0.3) is 0 Å². The summed E-state index contributed by atoms with van der Waals surface area (Å²) in [6, 6.07) is 19.1. The summed E-state index contributed by atoms with van der Waals surface area (Å²) in [6.07, 6.45) is 4.73. The average Bonchev–Trinajstić information content (AvgIpc) is 3.09. The van der Waals surface area contributed by atoms with Gasteiger partial charge in [-0.25, -0.2) is 0 Å². The van der Waals surface area contributed by atoms with E-state index < -0.39 is 5.41 Å². The Labute approximate surface area is 203 Å². The molecule has 34 heavy (non-hydrogen) atoms. The van der Waals surface area contributed by atoms with Crippen molar-refractivity contribution in [3.05, 3.63) is 71.3 Å². The maximum Gasteiger partial charge on any atom is 0.233 e. The SMILES string of the molecule is Cc1cccc(C2(C(=O)N3CCC4(CC3)C[C@H](Cc3ccccc3)N(C)C4=O)CCOCC2)c1. The van der Waals surface area contributed by atoms with Crippen LogP contribution in [0.2, 0.25) is 0 Å². The first-order valence-corrected chi connectivity index (χ1v) is 12.7. The lowest BCUT2D eigenvalue weighted by Crippen LogP contribution is -2.54. The average molecular weight is 461 g/mol. The zero-order valence-corrected chi connectivity index (χ0v) is 20.5. The molecule has 0 aliphatic carbocycles. The third-order valence-electron chi connectivity index (χ3n) is 8.60. The number of hydrogen-bond donors (Lipinski definition) is 0. The fraction of sp³-hybridized carbons (Fsp3) is 0.517. The van der Waals surface area contributed by atoms with Crippen LogP contribution in [0.1, 0.15) is 48.8 Å². The minimum atomic E-state index is -0.513. The van der Waals surface area contributed by atoms with Gasteiger partial charge in [-0.3, -0.25) is 9.59 Å². The van der Waals surface area contributed by atoms with E-state index in [9.17, 15) is 9.59 Å². The van der Waals surface area contributed by atoms with Crippen LogP contribution >= 0.6 is 0 Å². The van der Waals surface area contributed by atoms with Crippen LogP contribution < -0.4 is 0 Å². The van der Waals surface area contributed by atoms with E-state index in [1.807, 2.05) is 22.9 Å². The molecule has 0 saturated carbocycles. The predicted octanol–water partition coefficient (Wildman–Crippen LogP) is 4.13. The molecule has 2 amide bonds. The van der Waals surface area contributed by atoms with E-state index in [4.69, 9.17) is 4.74 Å². The van der Waals surface area contributed by atoms with Crippen molar-refractivity contribution in [3.63, 3.8) is 0 Å². The number of piperidine rings is 1. The molecular weight excluding hydrogens is 424 g/mol. The van der Waals surface area contributed by atoms with E-state index in [-0.39, 0.29) is 23.3 Å². The number of likely N-dealkylation sites (tertiary alicyclic amines) is 2. The molecule has 0 aromatic heterocycles. The molecule has 2 aromatic carbocycles. The molecular formula is C29H36N2O3. The normalized spacial score (nSPS) is 23.9. The molecule has 5 heteroatoms. The summed E-state index contributed by atoms with van der Waals surface area (Å²) >= 11 is 0. The summed E-state index contributed by atoms with van der Waals surface area (Å²) in [5.41, 5.74) is 2.73.